The average Bonchev–Trinajstić information content (AvgIpc) is 2.35. The van der Waals surface area contributed by atoms with Gasteiger partial charge in [-0.2, -0.15) is 0 Å². The van der Waals surface area contributed by atoms with Gasteiger partial charge in [-0.15, -0.1) is 0 Å². The summed E-state index contributed by atoms with van der Waals surface area (Å²) in [6.07, 6.45) is 4.82. The summed E-state index contributed by atoms with van der Waals surface area (Å²) in [5.41, 5.74) is 8.16. The van der Waals surface area contributed by atoms with E-state index in [1.807, 2.05) is 13.0 Å². The zero-order valence-corrected chi connectivity index (χ0v) is 11.2. The first-order valence-corrected chi connectivity index (χ1v) is 6.75. The molecule has 3 N–H and O–H groups in total. The van der Waals surface area contributed by atoms with Crippen LogP contribution in [0.4, 0.5) is 5.69 Å². The summed E-state index contributed by atoms with van der Waals surface area (Å²) >= 11 is 0. The molecule has 1 aliphatic rings. The molecular weight excluding hydrogens is 224 g/mol. The fourth-order valence-electron chi connectivity index (χ4n) is 2.60. The first-order chi connectivity index (χ1) is 8.58. The molecular formula is C15H22N2O. The van der Waals surface area contributed by atoms with Crippen LogP contribution in [0.3, 0.4) is 0 Å². The van der Waals surface area contributed by atoms with Crippen molar-refractivity contribution in [3.8, 4) is 0 Å². The van der Waals surface area contributed by atoms with E-state index in [4.69, 9.17) is 5.73 Å². The van der Waals surface area contributed by atoms with Crippen molar-refractivity contribution in [2.45, 2.75) is 45.6 Å². The molecule has 0 saturated heterocycles. The lowest BCUT2D eigenvalue weighted by Gasteiger charge is -2.29. The van der Waals surface area contributed by atoms with Crippen LogP contribution in [0.25, 0.3) is 0 Å². The molecule has 98 valence electrons. The Morgan fingerprint density at radius 1 is 1.33 bits per heavy atom. The number of nitrogens with one attached hydrogen (secondary N) is 1. The number of aryl methyl sites for hydroxylation is 1. The van der Waals surface area contributed by atoms with E-state index in [1.54, 1.807) is 12.1 Å². The summed E-state index contributed by atoms with van der Waals surface area (Å²) in [6, 6.07) is 5.78. The molecule has 1 aromatic carbocycles. The van der Waals surface area contributed by atoms with Crippen LogP contribution in [0.5, 0.6) is 0 Å². The molecule has 18 heavy (non-hydrogen) atoms. The molecule has 2 atom stereocenters. The second-order valence-electron chi connectivity index (χ2n) is 5.41. The number of benzene rings is 1. The monoisotopic (exact) mass is 246 g/mol. The Hall–Kier alpha value is -1.51. The second kappa shape index (κ2) is 5.42. The van der Waals surface area contributed by atoms with Gasteiger partial charge in [-0.3, -0.25) is 4.79 Å². The van der Waals surface area contributed by atoms with Gasteiger partial charge in [0.25, 0.3) is 5.91 Å². The van der Waals surface area contributed by atoms with Crippen molar-refractivity contribution in [2.24, 2.45) is 5.92 Å². The summed E-state index contributed by atoms with van der Waals surface area (Å²) in [6.45, 7) is 4.15. The largest absolute Gasteiger partial charge is 0.399 e. The molecule has 0 aliphatic heterocycles. The van der Waals surface area contributed by atoms with Crippen LogP contribution in [0.15, 0.2) is 18.2 Å². The highest BCUT2D eigenvalue weighted by atomic mass is 16.1. The summed E-state index contributed by atoms with van der Waals surface area (Å²) in [5.74, 6) is 0.606. The van der Waals surface area contributed by atoms with Gasteiger partial charge < -0.3 is 11.1 Å². The van der Waals surface area contributed by atoms with Crippen molar-refractivity contribution >= 4 is 11.6 Å². The maximum atomic E-state index is 12.2. The van der Waals surface area contributed by atoms with Gasteiger partial charge >= 0.3 is 0 Å². The van der Waals surface area contributed by atoms with Crippen LogP contribution in [0, 0.1) is 12.8 Å². The van der Waals surface area contributed by atoms with E-state index in [9.17, 15) is 4.79 Å². The van der Waals surface area contributed by atoms with E-state index in [-0.39, 0.29) is 5.91 Å². The van der Waals surface area contributed by atoms with Crippen LogP contribution in [0.2, 0.25) is 0 Å². The molecule has 0 radical (unpaired) electrons. The molecule has 3 heteroatoms. The van der Waals surface area contributed by atoms with E-state index in [0.717, 1.165) is 17.7 Å². The minimum Gasteiger partial charge on any atom is -0.399 e. The van der Waals surface area contributed by atoms with Gasteiger partial charge in [0.15, 0.2) is 0 Å². The van der Waals surface area contributed by atoms with Gasteiger partial charge in [-0.25, -0.2) is 0 Å². The fourth-order valence-corrected chi connectivity index (χ4v) is 2.60. The second-order valence-corrected chi connectivity index (χ2v) is 5.41. The molecule has 0 spiro atoms. The van der Waals surface area contributed by atoms with Crippen LogP contribution in [0.1, 0.15) is 48.5 Å². The molecule has 1 saturated carbocycles. The Morgan fingerprint density at radius 2 is 2.06 bits per heavy atom. The third-order valence-electron chi connectivity index (χ3n) is 3.96. The number of amides is 1. The lowest BCUT2D eigenvalue weighted by molar-refractivity contribution is 0.0910. The molecule has 1 aliphatic carbocycles. The number of hydrogen-bond donors (Lipinski definition) is 2. The Morgan fingerprint density at radius 3 is 2.72 bits per heavy atom. The quantitative estimate of drug-likeness (QED) is 0.788. The maximum Gasteiger partial charge on any atom is 0.251 e. The smallest absolute Gasteiger partial charge is 0.251 e. The lowest BCUT2D eigenvalue weighted by Crippen LogP contribution is -2.41. The maximum absolute atomic E-state index is 12.2. The molecule has 1 fully saturated rings. The van der Waals surface area contributed by atoms with E-state index < -0.39 is 0 Å². The van der Waals surface area contributed by atoms with Crippen LogP contribution in [-0.4, -0.2) is 11.9 Å². The summed E-state index contributed by atoms with van der Waals surface area (Å²) in [7, 11) is 0. The van der Waals surface area contributed by atoms with Crippen molar-refractivity contribution in [3.63, 3.8) is 0 Å². The normalized spacial score (nSPS) is 23.7. The Balaban J connectivity index is 2.04. The highest BCUT2D eigenvalue weighted by Gasteiger charge is 2.23. The molecule has 0 heterocycles. The first-order valence-electron chi connectivity index (χ1n) is 6.75. The number of anilines is 1. The van der Waals surface area contributed by atoms with Crippen molar-refractivity contribution in [1.82, 2.24) is 5.32 Å². The summed E-state index contributed by atoms with van der Waals surface area (Å²) < 4.78 is 0. The fraction of sp³-hybridized carbons (Fsp3) is 0.533. The van der Waals surface area contributed by atoms with E-state index in [0.29, 0.717) is 17.5 Å². The number of nitrogen functional groups attached to an aromatic ring is 1. The van der Waals surface area contributed by atoms with Gasteiger partial charge in [-0.05, 0) is 49.4 Å². The first kappa shape index (κ1) is 12.9. The average molecular weight is 246 g/mol. The third kappa shape index (κ3) is 2.84. The highest BCUT2D eigenvalue weighted by molar-refractivity contribution is 5.95. The number of carbonyl (C=O) groups is 1. The predicted octanol–water partition coefficient (Wildman–Crippen LogP) is 2.89. The number of rotatable bonds is 2. The van der Waals surface area contributed by atoms with E-state index in [1.165, 1.54) is 19.3 Å². The lowest BCUT2D eigenvalue weighted by atomic mass is 9.86. The molecule has 0 bridgehead atoms. The highest BCUT2D eigenvalue weighted by Crippen LogP contribution is 2.24. The van der Waals surface area contributed by atoms with Gasteiger partial charge in [0.2, 0.25) is 0 Å². The van der Waals surface area contributed by atoms with Gasteiger partial charge in [-0.1, -0.05) is 19.8 Å². The molecule has 3 nitrogen and oxygen atoms in total. The zero-order chi connectivity index (χ0) is 13.1. The Labute approximate surface area is 109 Å². The van der Waals surface area contributed by atoms with Gasteiger partial charge in [0, 0.05) is 17.3 Å². The van der Waals surface area contributed by atoms with Crippen LogP contribution >= 0.6 is 0 Å². The topological polar surface area (TPSA) is 55.1 Å². The predicted molar refractivity (Wildman–Crippen MR) is 74.5 cm³/mol. The van der Waals surface area contributed by atoms with Gasteiger partial charge in [0.1, 0.15) is 0 Å². The zero-order valence-electron chi connectivity index (χ0n) is 11.2. The van der Waals surface area contributed by atoms with Crippen molar-refractivity contribution < 1.29 is 4.79 Å². The number of nitrogens with two attached hydrogens (primary N) is 1. The minimum absolute atomic E-state index is 0.0249. The van der Waals surface area contributed by atoms with Crippen LogP contribution in [-0.2, 0) is 0 Å². The van der Waals surface area contributed by atoms with Crippen molar-refractivity contribution in [1.29, 1.82) is 0 Å². The molecule has 2 unspecified atom stereocenters. The van der Waals surface area contributed by atoms with Crippen molar-refractivity contribution in [3.05, 3.63) is 29.3 Å². The molecule has 0 aromatic heterocycles. The third-order valence-corrected chi connectivity index (χ3v) is 3.96. The Bertz CT molecular complexity index is 442. The standard InChI is InChI=1S/C15H22N2O/c1-10-5-3-4-6-14(10)17-15(18)12-7-8-13(16)11(2)9-12/h7-10,14H,3-6,16H2,1-2H3,(H,17,18). The van der Waals surface area contributed by atoms with Gasteiger partial charge in [0.05, 0.1) is 0 Å². The number of carbonyl (C=O) groups excluding carboxylic acids is 1. The Kier molecular flexibility index (Phi) is 3.90. The summed E-state index contributed by atoms with van der Waals surface area (Å²) in [4.78, 5) is 12.2. The SMILES string of the molecule is Cc1cc(C(=O)NC2CCCCC2C)ccc1N. The van der Waals surface area contributed by atoms with E-state index >= 15 is 0 Å². The van der Waals surface area contributed by atoms with Crippen molar-refractivity contribution in [2.75, 3.05) is 5.73 Å². The van der Waals surface area contributed by atoms with E-state index in [2.05, 4.69) is 12.2 Å². The molecule has 1 amide bonds. The minimum atomic E-state index is 0.0249. The summed E-state index contributed by atoms with van der Waals surface area (Å²) in [5, 5.41) is 3.15. The van der Waals surface area contributed by atoms with Crippen LogP contribution < -0.4 is 11.1 Å². The molecule has 2 rings (SSSR count). The molecule has 1 aromatic rings. The number of hydrogen-bond acceptors (Lipinski definition) is 2.